The van der Waals surface area contributed by atoms with Crippen molar-refractivity contribution in [1.29, 1.82) is 0 Å². The molecule has 1 saturated heterocycles. The Bertz CT molecular complexity index is 1610. The van der Waals surface area contributed by atoms with Gasteiger partial charge >= 0.3 is 6.03 Å². The molecule has 4 atom stereocenters. The first kappa shape index (κ1) is 36.9. The number of amides is 5. The predicted molar refractivity (Wildman–Crippen MR) is 188 cm³/mol. The molecule has 50 heavy (non-hydrogen) atoms. The van der Waals surface area contributed by atoms with E-state index in [-0.39, 0.29) is 43.2 Å². The molecule has 2 unspecified atom stereocenters. The lowest BCUT2D eigenvalue weighted by Crippen LogP contribution is -2.60. The molecule has 1 aliphatic heterocycles. The van der Waals surface area contributed by atoms with Crippen molar-refractivity contribution in [1.82, 2.24) is 31.2 Å². The minimum Gasteiger partial charge on any atom is -0.494 e. The summed E-state index contributed by atoms with van der Waals surface area (Å²) in [5, 5.41) is 12.9. The van der Waals surface area contributed by atoms with Crippen LogP contribution in [-0.4, -0.2) is 88.9 Å². The van der Waals surface area contributed by atoms with E-state index in [4.69, 9.17) is 9.47 Å². The van der Waals surface area contributed by atoms with Crippen molar-refractivity contribution in [3.63, 3.8) is 0 Å². The zero-order valence-corrected chi connectivity index (χ0v) is 30.3. The van der Waals surface area contributed by atoms with E-state index in [0.29, 0.717) is 18.2 Å². The van der Waals surface area contributed by atoms with Crippen LogP contribution in [0.2, 0.25) is 0 Å². The molecule has 5 rings (SSSR count). The highest BCUT2D eigenvalue weighted by Crippen LogP contribution is 2.38. The minimum atomic E-state index is -1.00. The van der Waals surface area contributed by atoms with Gasteiger partial charge in [0.2, 0.25) is 23.6 Å². The number of pyridine rings is 1. The van der Waals surface area contributed by atoms with Gasteiger partial charge < -0.3 is 35.6 Å². The Balaban J connectivity index is 1.36. The quantitative estimate of drug-likeness (QED) is 0.232. The van der Waals surface area contributed by atoms with E-state index in [2.05, 4.69) is 26.3 Å². The lowest BCUT2D eigenvalue weighted by molar-refractivity contribution is -0.142. The molecule has 0 spiro atoms. The topological polar surface area (TPSA) is 168 Å². The lowest BCUT2D eigenvalue weighted by Gasteiger charge is -2.36. The van der Waals surface area contributed by atoms with Crippen LogP contribution < -0.4 is 30.7 Å². The molecule has 2 aliphatic carbocycles. The van der Waals surface area contributed by atoms with Gasteiger partial charge in [-0.2, -0.15) is 0 Å². The Morgan fingerprint density at radius 2 is 1.72 bits per heavy atom. The average Bonchev–Trinajstić information content (AvgIpc) is 3.97. The van der Waals surface area contributed by atoms with Crippen LogP contribution in [0.4, 0.5) is 4.79 Å². The second-order valence-electron chi connectivity index (χ2n) is 15.8. The van der Waals surface area contributed by atoms with Gasteiger partial charge in [0.15, 0.2) is 5.78 Å². The first-order chi connectivity index (χ1) is 23.5. The number of benzene rings is 1. The molecule has 13 heteroatoms. The Morgan fingerprint density at radius 3 is 2.34 bits per heavy atom. The third-order valence-electron chi connectivity index (χ3n) is 9.10. The van der Waals surface area contributed by atoms with Gasteiger partial charge in [0.25, 0.3) is 0 Å². The van der Waals surface area contributed by atoms with Crippen molar-refractivity contribution >= 4 is 40.3 Å². The number of fused-ring (bicyclic) bond motifs is 1. The molecule has 4 N–H and O–H groups in total. The number of likely N-dealkylation sites (tertiary alicyclic amines) is 1. The first-order valence-electron chi connectivity index (χ1n) is 17.7. The Hall–Kier alpha value is -4.42. The molecular weight excluding hydrogens is 640 g/mol. The number of ketones is 1. The van der Waals surface area contributed by atoms with Crippen molar-refractivity contribution in [3.05, 3.63) is 30.5 Å². The van der Waals surface area contributed by atoms with Crippen molar-refractivity contribution in [2.24, 2.45) is 17.3 Å². The van der Waals surface area contributed by atoms with Crippen LogP contribution in [0.1, 0.15) is 80.6 Å². The van der Waals surface area contributed by atoms with Crippen molar-refractivity contribution in [2.45, 2.75) is 110 Å². The number of nitrogens with one attached hydrogen (secondary N) is 4. The molecule has 5 amide bonds. The van der Waals surface area contributed by atoms with E-state index in [1.165, 1.54) is 4.90 Å². The summed E-state index contributed by atoms with van der Waals surface area (Å²) in [5.41, 5.74) is -1.26. The summed E-state index contributed by atoms with van der Waals surface area (Å²) in [6.45, 7) is 13.2. The predicted octanol–water partition coefficient (Wildman–Crippen LogP) is 3.48. The van der Waals surface area contributed by atoms with Crippen LogP contribution in [0, 0.1) is 17.3 Å². The van der Waals surface area contributed by atoms with Gasteiger partial charge in [-0.25, -0.2) is 9.78 Å². The number of urea groups is 1. The molecule has 0 bridgehead atoms. The largest absolute Gasteiger partial charge is 0.494 e. The SMILES string of the molecule is CCOc1ccc2c(O[C@@H]3CC(C(=O)NCC(=O)C(C(=O)NC4CC4)C4CC4)N(C(=O)[C@@H](NC(=O)NC(C)(C)C)C(C)(C)C)C3)nccc2c1. The summed E-state index contributed by atoms with van der Waals surface area (Å²) >= 11 is 0. The number of hydrogen-bond donors (Lipinski definition) is 4. The maximum absolute atomic E-state index is 14.4. The molecule has 1 aromatic heterocycles. The van der Waals surface area contributed by atoms with Gasteiger partial charge in [0.1, 0.15) is 29.9 Å². The van der Waals surface area contributed by atoms with Crippen molar-refractivity contribution in [2.75, 3.05) is 19.7 Å². The summed E-state index contributed by atoms with van der Waals surface area (Å²) in [6, 6.07) is 5.07. The molecule has 13 nitrogen and oxygen atoms in total. The number of carbonyl (C=O) groups excluding carboxylic acids is 5. The number of ether oxygens (including phenoxy) is 2. The summed E-state index contributed by atoms with van der Waals surface area (Å²) in [7, 11) is 0. The fourth-order valence-corrected chi connectivity index (χ4v) is 6.31. The normalized spacial score (nSPS) is 20.4. The maximum Gasteiger partial charge on any atom is 0.315 e. The zero-order chi connectivity index (χ0) is 36.4. The molecule has 1 aromatic carbocycles. The van der Waals surface area contributed by atoms with Gasteiger partial charge in [-0.1, -0.05) is 20.8 Å². The monoisotopic (exact) mass is 692 g/mol. The van der Waals surface area contributed by atoms with Crippen LogP contribution >= 0.6 is 0 Å². The molecule has 272 valence electrons. The highest BCUT2D eigenvalue weighted by molar-refractivity contribution is 6.04. The van der Waals surface area contributed by atoms with E-state index in [0.717, 1.165) is 36.5 Å². The van der Waals surface area contributed by atoms with Crippen LogP contribution in [-0.2, 0) is 19.2 Å². The molecule has 2 saturated carbocycles. The summed E-state index contributed by atoms with van der Waals surface area (Å²) in [5.74, 6) is -1.36. The fourth-order valence-electron chi connectivity index (χ4n) is 6.31. The second-order valence-corrected chi connectivity index (χ2v) is 15.8. The van der Waals surface area contributed by atoms with Crippen molar-refractivity contribution < 1.29 is 33.4 Å². The highest BCUT2D eigenvalue weighted by Gasteiger charge is 2.47. The second kappa shape index (κ2) is 14.8. The van der Waals surface area contributed by atoms with Gasteiger partial charge in [-0.15, -0.1) is 0 Å². The summed E-state index contributed by atoms with van der Waals surface area (Å²) < 4.78 is 12.0. The Kier molecular flexibility index (Phi) is 10.9. The third-order valence-corrected chi connectivity index (χ3v) is 9.10. The molecule has 0 radical (unpaired) electrons. The Morgan fingerprint density at radius 1 is 1.00 bits per heavy atom. The lowest BCUT2D eigenvalue weighted by atomic mass is 9.85. The molecule has 3 fully saturated rings. The van der Waals surface area contributed by atoms with E-state index in [1.807, 2.05) is 72.7 Å². The van der Waals surface area contributed by atoms with Crippen molar-refractivity contribution in [3.8, 4) is 11.6 Å². The summed E-state index contributed by atoms with van der Waals surface area (Å²) in [6.07, 6.45) is 4.55. The van der Waals surface area contributed by atoms with Gasteiger partial charge in [0.05, 0.1) is 19.7 Å². The first-order valence-corrected chi connectivity index (χ1v) is 17.7. The highest BCUT2D eigenvalue weighted by atomic mass is 16.5. The van der Waals surface area contributed by atoms with Gasteiger partial charge in [-0.05, 0) is 94.4 Å². The van der Waals surface area contributed by atoms with Gasteiger partial charge in [-0.3, -0.25) is 19.2 Å². The van der Waals surface area contributed by atoms with Crippen LogP contribution in [0.3, 0.4) is 0 Å². The minimum absolute atomic E-state index is 0.0174. The molecule has 2 heterocycles. The number of hydrogen-bond acceptors (Lipinski definition) is 8. The van der Waals surface area contributed by atoms with E-state index in [9.17, 15) is 24.0 Å². The standard InChI is InChI=1S/C37H52N6O7/c1-8-49-24-13-14-26-22(17-24)15-16-38-33(26)50-25-18-27(31(45)39-19-28(44)29(21-9-10-21)32(46)40-23-11-12-23)43(20-25)34(47)30(36(2,3)4)41-35(48)42-37(5,6)7/h13-17,21,23,25,27,29-30H,8-12,18-20H2,1-7H3,(H,39,45)(H,40,46)(H2,41,42,48)/t25-,27?,29?,30-/m1/s1. The Labute approximate surface area is 294 Å². The molecule has 3 aliphatic rings. The third kappa shape index (κ3) is 9.42. The van der Waals surface area contributed by atoms with Gasteiger partial charge in [0, 0.05) is 29.6 Å². The molecular formula is C37H52N6O7. The smallest absolute Gasteiger partial charge is 0.315 e. The molecule has 2 aromatic rings. The number of rotatable bonds is 13. The van der Waals surface area contributed by atoms with Crippen LogP contribution in [0.15, 0.2) is 30.5 Å². The van der Waals surface area contributed by atoms with E-state index < -0.39 is 52.9 Å². The average molecular weight is 693 g/mol. The number of nitrogens with zero attached hydrogens (tertiary/aromatic N) is 2. The van der Waals surface area contributed by atoms with Crippen LogP contribution in [0.25, 0.3) is 10.8 Å². The fraction of sp³-hybridized carbons (Fsp3) is 0.622. The van der Waals surface area contributed by atoms with Crippen LogP contribution in [0.5, 0.6) is 11.6 Å². The number of aromatic nitrogens is 1. The maximum atomic E-state index is 14.4. The van der Waals surface area contributed by atoms with E-state index >= 15 is 0 Å². The number of carbonyl (C=O) groups is 5. The number of Topliss-reactive ketones (excluding diaryl/α,β-unsaturated/α-hetero) is 1. The van der Waals surface area contributed by atoms with E-state index in [1.54, 1.807) is 6.20 Å². The summed E-state index contributed by atoms with van der Waals surface area (Å²) in [4.78, 5) is 73.3. The zero-order valence-electron chi connectivity index (χ0n) is 30.3.